The maximum Gasteiger partial charge on any atom is 0.422 e. The van der Waals surface area contributed by atoms with E-state index < -0.39 is 12.8 Å². The third kappa shape index (κ3) is 8.05. The summed E-state index contributed by atoms with van der Waals surface area (Å²) in [4.78, 5) is 4.39. The minimum Gasteiger partial charge on any atom is -0.484 e. The lowest BCUT2D eigenvalue weighted by Crippen LogP contribution is -2.43. The van der Waals surface area contributed by atoms with Gasteiger partial charge in [-0.1, -0.05) is 18.2 Å². The number of hydrogen-bond donors (Lipinski definition) is 2. The normalized spacial score (nSPS) is 13.5. The van der Waals surface area contributed by atoms with Gasteiger partial charge in [0.25, 0.3) is 0 Å². The SMILES string of the molecule is CCNC(=NCc1ccccc1OCC(F)(F)F)NC(C)COC. The van der Waals surface area contributed by atoms with E-state index in [0.717, 1.165) is 0 Å². The van der Waals surface area contributed by atoms with Crippen molar-refractivity contribution in [2.75, 3.05) is 26.9 Å². The molecule has 2 N–H and O–H groups in total. The first-order chi connectivity index (χ1) is 11.4. The Kier molecular flexibility index (Phi) is 8.39. The molecule has 136 valence electrons. The Balaban J connectivity index is 2.77. The molecule has 8 heteroatoms. The molecule has 1 atom stereocenters. The van der Waals surface area contributed by atoms with Crippen LogP contribution in [0.5, 0.6) is 5.75 Å². The molecule has 1 unspecified atom stereocenters. The van der Waals surface area contributed by atoms with Crippen LogP contribution < -0.4 is 15.4 Å². The number of alkyl halides is 3. The molecule has 24 heavy (non-hydrogen) atoms. The van der Waals surface area contributed by atoms with Gasteiger partial charge in [-0.25, -0.2) is 4.99 Å². The smallest absolute Gasteiger partial charge is 0.422 e. The average Bonchev–Trinajstić information content (AvgIpc) is 2.51. The highest BCUT2D eigenvalue weighted by Gasteiger charge is 2.28. The second-order valence-corrected chi connectivity index (χ2v) is 5.21. The van der Waals surface area contributed by atoms with Crippen molar-refractivity contribution >= 4 is 5.96 Å². The van der Waals surface area contributed by atoms with Crippen LogP contribution in [0.1, 0.15) is 19.4 Å². The van der Waals surface area contributed by atoms with Gasteiger partial charge in [0, 0.05) is 25.3 Å². The monoisotopic (exact) mass is 347 g/mol. The van der Waals surface area contributed by atoms with Gasteiger partial charge in [-0.05, 0) is 19.9 Å². The van der Waals surface area contributed by atoms with Crippen LogP contribution in [-0.2, 0) is 11.3 Å². The largest absolute Gasteiger partial charge is 0.484 e. The van der Waals surface area contributed by atoms with Crippen molar-refractivity contribution in [3.05, 3.63) is 29.8 Å². The number of methoxy groups -OCH3 is 1. The quantitative estimate of drug-likeness (QED) is 0.561. The lowest BCUT2D eigenvalue weighted by Gasteiger charge is -2.17. The molecule has 0 radical (unpaired) electrons. The first-order valence-corrected chi connectivity index (χ1v) is 7.67. The lowest BCUT2D eigenvalue weighted by atomic mass is 10.2. The zero-order chi connectivity index (χ0) is 18.0. The summed E-state index contributed by atoms with van der Waals surface area (Å²) in [5, 5.41) is 6.24. The molecule has 1 aromatic carbocycles. The summed E-state index contributed by atoms with van der Waals surface area (Å²) >= 11 is 0. The topological polar surface area (TPSA) is 54.9 Å². The molecular weight excluding hydrogens is 323 g/mol. The predicted molar refractivity (Wildman–Crippen MR) is 87.3 cm³/mol. The number of hydrogen-bond acceptors (Lipinski definition) is 3. The summed E-state index contributed by atoms with van der Waals surface area (Å²) in [6.07, 6.45) is -4.37. The van der Waals surface area contributed by atoms with Crippen molar-refractivity contribution < 1.29 is 22.6 Å². The summed E-state index contributed by atoms with van der Waals surface area (Å²) in [7, 11) is 1.61. The summed E-state index contributed by atoms with van der Waals surface area (Å²) in [5.74, 6) is 0.743. The Morgan fingerprint density at radius 3 is 2.62 bits per heavy atom. The Labute approximate surface area is 140 Å². The Bertz CT molecular complexity index is 522. The van der Waals surface area contributed by atoms with Gasteiger partial charge in [0.1, 0.15) is 5.75 Å². The van der Waals surface area contributed by atoms with E-state index in [1.807, 2.05) is 13.8 Å². The molecule has 0 aliphatic heterocycles. The molecule has 0 saturated carbocycles. The highest BCUT2D eigenvalue weighted by molar-refractivity contribution is 5.80. The van der Waals surface area contributed by atoms with Gasteiger partial charge in [0.05, 0.1) is 13.2 Å². The van der Waals surface area contributed by atoms with E-state index in [9.17, 15) is 13.2 Å². The third-order valence-corrected chi connectivity index (χ3v) is 2.92. The van der Waals surface area contributed by atoms with Crippen LogP contribution in [0.2, 0.25) is 0 Å². The Hall–Kier alpha value is -1.96. The summed E-state index contributed by atoms with van der Waals surface area (Å²) in [6, 6.07) is 6.61. The van der Waals surface area contributed by atoms with Crippen molar-refractivity contribution in [3.8, 4) is 5.75 Å². The molecule has 0 heterocycles. The van der Waals surface area contributed by atoms with Gasteiger partial charge in [-0.2, -0.15) is 13.2 Å². The van der Waals surface area contributed by atoms with E-state index in [0.29, 0.717) is 24.7 Å². The fourth-order valence-corrected chi connectivity index (χ4v) is 1.94. The first-order valence-electron chi connectivity index (χ1n) is 7.67. The molecule has 0 fully saturated rings. The summed E-state index contributed by atoms with van der Waals surface area (Å²) < 4.78 is 46.9. The minimum absolute atomic E-state index is 0.0459. The van der Waals surface area contributed by atoms with Gasteiger partial charge in [-0.15, -0.1) is 0 Å². The van der Waals surface area contributed by atoms with E-state index in [1.165, 1.54) is 6.07 Å². The van der Waals surface area contributed by atoms with Crippen molar-refractivity contribution in [3.63, 3.8) is 0 Å². The second-order valence-electron chi connectivity index (χ2n) is 5.21. The van der Waals surface area contributed by atoms with Crippen molar-refractivity contribution in [2.24, 2.45) is 4.99 Å². The van der Waals surface area contributed by atoms with Crippen LogP contribution in [0, 0.1) is 0 Å². The number of aliphatic imine (C=N–C) groups is 1. The highest BCUT2D eigenvalue weighted by Crippen LogP contribution is 2.22. The van der Waals surface area contributed by atoms with Gasteiger partial charge in [-0.3, -0.25) is 0 Å². The van der Waals surface area contributed by atoms with Crippen molar-refractivity contribution in [1.29, 1.82) is 0 Å². The first kappa shape index (κ1) is 20.1. The predicted octanol–water partition coefficient (Wildman–Crippen LogP) is 2.72. The van der Waals surface area contributed by atoms with E-state index in [1.54, 1.807) is 25.3 Å². The number of benzene rings is 1. The van der Waals surface area contributed by atoms with Gasteiger partial charge >= 0.3 is 6.18 Å². The van der Waals surface area contributed by atoms with Crippen molar-refractivity contribution in [2.45, 2.75) is 32.6 Å². The fraction of sp³-hybridized carbons (Fsp3) is 0.562. The van der Waals surface area contributed by atoms with E-state index in [-0.39, 0.29) is 18.3 Å². The number of nitrogens with zero attached hydrogens (tertiary/aromatic N) is 1. The van der Waals surface area contributed by atoms with Crippen LogP contribution in [0.25, 0.3) is 0 Å². The Morgan fingerprint density at radius 1 is 1.29 bits per heavy atom. The van der Waals surface area contributed by atoms with Gasteiger partial charge < -0.3 is 20.1 Å². The average molecular weight is 347 g/mol. The number of halogens is 3. The van der Waals surface area contributed by atoms with Gasteiger partial charge in [0.2, 0.25) is 0 Å². The minimum atomic E-state index is -4.37. The number of ether oxygens (including phenoxy) is 2. The molecule has 0 spiro atoms. The molecule has 1 aromatic rings. The molecular formula is C16H24F3N3O2. The standard InChI is InChI=1S/C16H24F3N3O2/c1-4-20-15(22-12(2)10-23-3)21-9-13-7-5-6-8-14(13)24-11-16(17,18)19/h5-8,12H,4,9-11H2,1-3H3,(H2,20,21,22). The molecule has 5 nitrogen and oxygen atoms in total. The van der Waals surface area contributed by atoms with E-state index in [4.69, 9.17) is 9.47 Å². The zero-order valence-electron chi connectivity index (χ0n) is 14.1. The molecule has 0 aliphatic carbocycles. The number of guanidine groups is 1. The van der Waals surface area contributed by atoms with Gasteiger partial charge in [0.15, 0.2) is 12.6 Å². The fourth-order valence-electron chi connectivity index (χ4n) is 1.94. The summed E-state index contributed by atoms with van der Waals surface area (Å²) in [5.41, 5.74) is 0.582. The third-order valence-electron chi connectivity index (χ3n) is 2.92. The maximum absolute atomic E-state index is 12.3. The van der Waals surface area contributed by atoms with E-state index >= 15 is 0 Å². The lowest BCUT2D eigenvalue weighted by molar-refractivity contribution is -0.153. The second kappa shape index (κ2) is 10.0. The number of nitrogens with one attached hydrogen (secondary N) is 2. The summed E-state index contributed by atoms with van der Waals surface area (Å²) in [6.45, 7) is 3.92. The van der Waals surface area contributed by atoms with Crippen LogP contribution in [-0.4, -0.2) is 45.0 Å². The molecule has 0 saturated heterocycles. The molecule has 0 aliphatic rings. The number of para-hydroxylation sites is 1. The molecule has 0 amide bonds. The highest BCUT2D eigenvalue weighted by atomic mass is 19.4. The van der Waals surface area contributed by atoms with Crippen LogP contribution in [0.4, 0.5) is 13.2 Å². The maximum atomic E-state index is 12.3. The Morgan fingerprint density at radius 2 is 2.00 bits per heavy atom. The number of rotatable bonds is 8. The van der Waals surface area contributed by atoms with Crippen LogP contribution in [0.3, 0.4) is 0 Å². The van der Waals surface area contributed by atoms with Crippen LogP contribution >= 0.6 is 0 Å². The molecule has 1 rings (SSSR count). The zero-order valence-corrected chi connectivity index (χ0v) is 14.1. The van der Waals surface area contributed by atoms with Crippen LogP contribution in [0.15, 0.2) is 29.3 Å². The van der Waals surface area contributed by atoms with E-state index in [2.05, 4.69) is 15.6 Å². The molecule has 0 aromatic heterocycles. The van der Waals surface area contributed by atoms with Crippen molar-refractivity contribution in [1.82, 2.24) is 10.6 Å². The molecule has 0 bridgehead atoms.